The molecule has 0 spiro atoms. The van der Waals surface area contributed by atoms with Crippen molar-refractivity contribution >= 4 is 23.1 Å². The van der Waals surface area contributed by atoms with Gasteiger partial charge in [-0.1, -0.05) is 36.4 Å². The highest BCUT2D eigenvalue weighted by atomic mass is 32.1. The van der Waals surface area contributed by atoms with E-state index in [0.29, 0.717) is 13.1 Å². The lowest BCUT2D eigenvalue weighted by atomic mass is 10.0. The minimum Gasteiger partial charge on any atom is -0.372 e. The van der Waals surface area contributed by atoms with Gasteiger partial charge in [-0.05, 0) is 25.3 Å². The number of hydrogen-bond donors (Lipinski definition) is 0. The summed E-state index contributed by atoms with van der Waals surface area (Å²) in [5, 5.41) is 1.95. The minimum absolute atomic E-state index is 0.0856. The maximum Gasteiger partial charge on any atom is 0.264 e. The summed E-state index contributed by atoms with van der Waals surface area (Å²) in [4.78, 5) is 28.0. The van der Waals surface area contributed by atoms with Crippen molar-refractivity contribution in [1.82, 2.24) is 14.9 Å². The zero-order chi connectivity index (χ0) is 21.4. The van der Waals surface area contributed by atoms with Gasteiger partial charge in [0.05, 0.1) is 29.3 Å². The second-order valence-electron chi connectivity index (χ2n) is 8.28. The average molecular weight is 435 g/mol. The highest BCUT2D eigenvalue weighted by Crippen LogP contribution is 2.32. The summed E-state index contributed by atoms with van der Waals surface area (Å²) in [5.41, 5.74) is 3.13. The van der Waals surface area contributed by atoms with Gasteiger partial charge < -0.3 is 14.5 Å². The monoisotopic (exact) mass is 434 g/mol. The molecular weight excluding hydrogens is 408 g/mol. The standard InChI is InChI=1S/C24H26N4O2S/c1-16-13-28(14-17(2)30-16)23-19-15-27(24(29)21-9-6-12-31-21)11-10-20(19)25-22(26-23)18-7-4-3-5-8-18/h3-9,12,16-17H,10-11,13-15H2,1-2H3. The highest BCUT2D eigenvalue weighted by Gasteiger charge is 2.31. The number of morpholine rings is 1. The van der Waals surface area contributed by atoms with Gasteiger partial charge in [-0.15, -0.1) is 11.3 Å². The Labute approximate surface area is 186 Å². The van der Waals surface area contributed by atoms with Crippen LogP contribution in [0.4, 0.5) is 5.82 Å². The lowest BCUT2D eigenvalue weighted by molar-refractivity contribution is -0.00558. The topological polar surface area (TPSA) is 58.6 Å². The number of rotatable bonds is 3. The third kappa shape index (κ3) is 4.07. The Morgan fingerprint density at radius 1 is 1.06 bits per heavy atom. The van der Waals surface area contributed by atoms with E-state index in [2.05, 4.69) is 18.7 Å². The first-order valence-electron chi connectivity index (χ1n) is 10.8. The Bertz CT molecular complexity index is 1060. The van der Waals surface area contributed by atoms with Crippen LogP contribution in [0.15, 0.2) is 47.8 Å². The van der Waals surface area contributed by atoms with Crippen molar-refractivity contribution in [2.45, 2.75) is 39.0 Å². The van der Waals surface area contributed by atoms with Gasteiger partial charge in [-0.2, -0.15) is 0 Å². The molecule has 0 saturated carbocycles. The summed E-state index contributed by atoms with van der Waals surface area (Å²) >= 11 is 1.49. The van der Waals surface area contributed by atoms with E-state index in [1.165, 1.54) is 11.3 Å². The van der Waals surface area contributed by atoms with Crippen LogP contribution in [0.5, 0.6) is 0 Å². The largest absolute Gasteiger partial charge is 0.372 e. The highest BCUT2D eigenvalue weighted by molar-refractivity contribution is 7.12. The number of thiophene rings is 1. The molecule has 2 aliphatic heterocycles. The molecule has 1 saturated heterocycles. The third-order valence-electron chi connectivity index (χ3n) is 5.81. The molecule has 6 nitrogen and oxygen atoms in total. The van der Waals surface area contributed by atoms with Gasteiger partial charge in [0.25, 0.3) is 5.91 Å². The minimum atomic E-state index is 0.0856. The molecule has 1 aromatic carbocycles. The molecule has 7 heteroatoms. The van der Waals surface area contributed by atoms with Gasteiger partial charge in [-0.25, -0.2) is 9.97 Å². The number of aromatic nitrogens is 2. The first-order chi connectivity index (χ1) is 15.1. The molecule has 4 heterocycles. The Hall–Kier alpha value is -2.77. The van der Waals surface area contributed by atoms with Crippen LogP contribution in [0.3, 0.4) is 0 Å². The lowest BCUT2D eigenvalue weighted by Crippen LogP contribution is -2.47. The predicted octanol–water partition coefficient (Wildman–Crippen LogP) is 4.02. The number of ether oxygens (including phenoxy) is 1. The molecule has 5 rings (SSSR count). The number of carbonyl (C=O) groups is 1. The van der Waals surface area contributed by atoms with Crippen molar-refractivity contribution in [3.63, 3.8) is 0 Å². The molecule has 0 radical (unpaired) electrons. The van der Waals surface area contributed by atoms with Crippen molar-refractivity contribution in [3.8, 4) is 11.4 Å². The molecule has 2 atom stereocenters. The molecule has 0 bridgehead atoms. The van der Waals surface area contributed by atoms with Crippen molar-refractivity contribution in [3.05, 3.63) is 64.0 Å². The van der Waals surface area contributed by atoms with Gasteiger partial charge in [0.1, 0.15) is 5.82 Å². The Morgan fingerprint density at radius 2 is 1.84 bits per heavy atom. The van der Waals surface area contributed by atoms with Crippen LogP contribution in [0.25, 0.3) is 11.4 Å². The number of fused-ring (bicyclic) bond motifs is 1. The van der Waals surface area contributed by atoms with E-state index in [1.54, 1.807) is 0 Å². The number of hydrogen-bond acceptors (Lipinski definition) is 6. The normalized spacial score (nSPS) is 21.1. The zero-order valence-electron chi connectivity index (χ0n) is 17.8. The Balaban J connectivity index is 1.55. The SMILES string of the molecule is CC1CN(c2nc(-c3ccccc3)nc3c2CN(C(=O)c2cccs2)CC3)CC(C)O1. The third-order valence-corrected chi connectivity index (χ3v) is 6.67. The van der Waals surface area contributed by atoms with Gasteiger partial charge in [0.15, 0.2) is 5.82 Å². The van der Waals surface area contributed by atoms with E-state index >= 15 is 0 Å². The van der Waals surface area contributed by atoms with E-state index in [4.69, 9.17) is 14.7 Å². The smallest absolute Gasteiger partial charge is 0.264 e. The maximum absolute atomic E-state index is 13.0. The molecule has 0 N–H and O–H groups in total. The molecule has 2 unspecified atom stereocenters. The maximum atomic E-state index is 13.0. The van der Waals surface area contributed by atoms with E-state index in [-0.39, 0.29) is 18.1 Å². The number of carbonyl (C=O) groups excluding carboxylic acids is 1. The number of anilines is 1. The quantitative estimate of drug-likeness (QED) is 0.623. The molecule has 1 amide bonds. The second kappa shape index (κ2) is 8.40. The Morgan fingerprint density at radius 3 is 2.55 bits per heavy atom. The first-order valence-corrected chi connectivity index (χ1v) is 11.6. The second-order valence-corrected chi connectivity index (χ2v) is 9.23. The fourth-order valence-corrected chi connectivity index (χ4v) is 5.15. The van der Waals surface area contributed by atoms with Crippen LogP contribution in [-0.2, 0) is 17.7 Å². The molecule has 0 aliphatic carbocycles. The van der Waals surface area contributed by atoms with Gasteiger partial charge in [-0.3, -0.25) is 4.79 Å². The van der Waals surface area contributed by atoms with Crippen LogP contribution < -0.4 is 4.90 Å². The summed E-state index contributed by atoms with van der Waals surface area (Å²) < 4.78 is 5.96. The predicted molar refractivity (Wildman–Crippen MR) is 122 cm³/mol. The van der Waals surface area contributed by atoms with Crippen LogP contribution in [0.2, 0.25) is 0 Å². The van der Waals surface area contributed by atoms with Gasteiger partial charge in [0.2, 0.25) is 0 Å². The van der Waals surface area contributed by atoms with Crippen molar-refractivity contribution < 1.29 is 9.53 Å². The fraction of sp³-hybridized carbons (Fsp3) is 0.375. The number of amides is 1. The molecule has 2 aliphatic rings. The summed E-state index contributed by atoms with van der Waals surface area (Å²) in [6.45, 7) is 6.96. The van der Waals surface area contributed by atoms with E-state index in [9.17, 15) is 4.79 Å². The van der Waals surface area contributed by atoms with Crippen molar-refractivity contribution in [2.75, 3.05) is 24.5 Å². The first kappa shape index (κ1) is 20.2. The molecular formula is C24H26N4O2S. The fourth-order valence-electron chi connectivity index (χ4n) is 4.45. The molecule has 160 valence electrons. The molecule has 1 fully saturated rings. The summed E-state index contributed by atoms with van der Waals surface area (Å²) in [6, 6.07) is 13.9. The van der Waals surface area contributed by atoms with Crippen LogP contribution >= 0.6 is 11.3 Å². The van der Waals surface area contributed by atoms with E-state index in [0.717, 1.165) is 52.9 Å². The lowest BCUT2D eigenvalue weighted by Gasteiger charge is -2.39. The zero-order valence-corrected chi connectivity index (χ0v) is 18.6. The number of nitrogens with zero attached hydrogens (tertiary/aromatic N) is 4. The van der Waals surface area contributed by atoms with Crippen molar-refractivity contribution in [1.29, 1.82) is 0 Å². The van der Waals surface area contributed by atoms with Gasteiger partial charge >= 0.3 is 0 Å². The van der Waals surface area contributed by atoms with Crippen LogP contribution in [0.1, 0.15) is 34.8 Å². The summed E-state index contributed by atoms with van der Waals surface area (Å²) in [5.74, 6) is 1.77. The molecule has 2 aromatic heterocycles. The molecule has 3 aromatic rings. The number of benzene rings is 1. The van der Waals surface area contributed by atoms with E-state index in [1.807, 2.05) is 52.7 Å². The Kier molecular flexibility index (Phi) is 5.46. The van der Waals surface area contributed by atoms with Crippen molar-refractivity contribution in [2.24, 2.45) is 0 Å². The van der Waals surface area contributed by atoms with Crippen LogP contribution in [0, 0.1) is 0 Å². The summed E-state index contributed by atoms with van der Waals surface area (Å²) in [7, 11) is 0. The van der Waals surface area contributed by atoms with Crippen LogP contribution in [-0.4, -0.2) is 52.6 Å². The molecule has 31 heavy (non-hydrogen) atoms. The summed E-state index contributed by atoms with van der Waals surface area (Å²) in [6.07, 6.45) is 0.987. The average Bonchev–Trinajstić information content (AvgIpc) is 3.32. The van der Waals surface area contributed by atoms with E-state index < -0.39 is 0 Å². The van der Waals surface area contributed by atoms with Gasteiger partial charge in [0, 0.05) is 37.2 Å².